The van der Waals surface area contributed by atoms with Crippen LogP contribution in [0, 0.1) is 0 Å². The standard InChI is InChI=1S/C21H24N4O2S/c1-2-25(19-13-7-4-8-14-19)21-16-15-20(22-23-21)24-28(26,27)17-9-12-18-10-5-3-6-11-18/h3-8,10-11,13-16H,2,9,12,17H2,1H3,(H,22,24). The Kier molecular flexibility index (Phi) is 6.60. The molecular formula is C21H24N4O2S. The van der Waals surface area contributed by atoms with Crippen LogP contribution >= 0.6 is 0 Å². The van der Waals surface area contributed by atoms with Crippen LogP contribution in [0.1, 0.15) is 18.9 Å². The maximum Gasteiger partial charge on any atom is 0.233 e. The molecule has 0 aliphatic rings. The molecule has 0 saturated carbocycles. The largest absolute Gasteiger partial charge is 0.325 e. The zero-order chi connectivity index (χ0) is 19.8. The molecule has 0 unspecified atom stereocenters. The summed E-state index contributed by atoms with van der Waals surface area (Å²) >= 11 is 0. The van der Waals surface area contributed by atoms with Crippen LogP contribution in [0.2, 0.25) is 0 Å². The van der Waals surface area contributed by atoms with E-state index in [1.54, 1.807) is 12.1 Å². The highest BCUT2D eigenvalue weighted by molar-refractivity contribution is 7.92. The minimum atomic E-state index is -3.46. The third kappa shape index (κ3) is 5.53. The summed E-state index contributed by atoms with van der Waals surface area (Å²) in [5.74, 6) is 0.935. The lowest BCUT2D eigenvalue weighted by Gasteiger charge is -2.21. The van der Waals surface area contributed by atoms with Crippen LogP contribution in [0.5, 0.6) is 0 Å². The number of nitrogens with zero attached hydrogens (tertiary/aromatic N) is 3. The molecule has 3 rings (SSSR count). The molecular weight excluding hydrogens is 372 g/mol. The molecule has 0 atom stereocenters. The van der Waals surface area contributed by atoms with Gasteiger partial charge in [-0.15, -0.1) is 10.2 Å². The Balaban J connectivity index is 1.59. The van der Waals surface area contributed by atoms with Crippen molar-refractivity contribution in [2.24, 2.45) is 0 Å². The van der Waals surface area contributed by atoms with E-state index in [-0.39, 0.29) is 11.6 Å². The van der Waals surface area contributed by atoms with Crippen molar-refractivity contribution in [1.82, 2.24) is 10.2 Å². The van der Waals surface area contributed by atoms with Crippen molar-refractivity contribution in [3.63, 3.8) is 0 Å². The minimum Gasteiger partial charge on any atom is -0.325 e. The Morgan fingerprint density at radius 2 is 1.57 bits per heavy atom. The van der Waals surface area contributed by atoms with E-state index in [9.17, 15) is 8.42 Å². The lowest BCUT2D eigenvalue weighted by molar-refractivity contribution is 0.598. The van der Waals surface area contributed by atoms with E-state index in [0.29, 0.717) is 12.2 Å². The van der Waals surface area contributed by atoms with Crippen molar-refractivity contribution in [3.8, 4) is 0 Å². The molecule has 2 aromatic carbocycles. The number of benzene rings is 2. The van der Waals surface area contributed by atoms with Gasteiger partial charge in [-0.3, -0.25) is 4.72 Å². The third-order valence-electron chi connectivity index (χ3n) is 4.29. The smallest absolute Gasteiger partial charge is 0.233 e. The molecule has 0 radical (unpaired) electrons. The quantitative estimate of drug-likeness (QED) is 0.591. The predicted molar refractivity (Wildman–Crippen MR) is 113 cm³/mol. The van der Waals surface area contributed by atoms with Gasteiger partial charge in [-0.05, 0) is 49.6 Å². The average Bonchev–Trinajstić information content (AvgIpc) is 2.71. The highest BCUT2D eigenvalue weighted by Gasteiger charge is 2.13. The third-order valence-corrected chi connectivity index (χ3v) is 5.64. The molecule has 0 spiro atoms. The maximum atomic E-state index is 12.3. The van der Waals surface area contributed by atoms with Crippen LogP contribution in [0.25, 0.3) is 0 Å². The van der Waals surface area contributed by atoms with Gasteiger partial charge in [0.05, 0.1) is 5.75 Å². The normalized spacial score (nSPS) is 11.2. The van der Waals surface area contributed by atoms with Gasteiger partial charge in [0.2, 0.25) is 10.0 Å². The summed E-state index contributed by atoms with van der Waals surface area (Å²) in [5.41, 5.74) is 2.14. The molecule has 28 heavy (non-hydrogen) atoms. The summed E-state index contributed by atoms with van der Waals surface area (Å²) in [6.07, 6.45) is 1.26. The van der Waals surface area contributed by atoms with Crippen molar-refractivity contribution in [3.05, 3.63) is 78.4 Å². The number of aromatic nitrogens is 2. The fourth-order valence-corrected chi connectivity index (χ4v) is 3.98. The first-order chi connectivity index (χ1) is 13.6. The van der Waals surface area contributed by atoms with E-state index in [2.05, 4.69) is 14.9 Å². The monoisotopic (exact) mass is 396 g/mol. The molecule has 1 aromatic heterocycles. The lowest BCUT2D eigenvalue weighted by atomic mass is 10.1. The van der Waals surface area contributed by atoms with Gasteiger partial charge in [-0.1, -0.05) is 48.5 Å². The Bertz CT molecular complexity index is 962. The summed E-state index contributed by atoms with van der Waals surface area (Å²) in [7, 11) is -3.46. The van der Waals surface area contributed by atoms with Crippen molar-refractivity contribution < 1.29 is 8.42 Å². The SMILES string of the molecule is CCN(c1ccccc1)c1ccc(NS(=O)(=O)CCCc2ccccc2)nn1. The van der Waals surface area contributed by atoms with Crippen molar-refractivity contribution >= 4 is 27.3 Å². The van der Waals surface area contributed by atoms with E-state index in [1.165, 1.54) is 0 Å². The molecule has 3 aromatic rings. The predicted octanol–water partition coefficient (Wildman–Crippen LogP) is 4.01. The Labute approximate surface area is 166 Å². The Hall–Kier alpha value is -2.93. The van der Waals surface area contributed by atoms with E-state index >= 15 is 0 Å². The molecule has 0 aliphatic heterocycles. The maximum absolute atomic E-state index is 12.3. The molecule has 0 aliphatic carbocycles. The van der Waals surface area contributed by atoms with E-state index in [1.807, 2.05) is 72.5 Å². The van der Waals surface area contributed by atoms with E-state index in [4.69, 9.17) is 0 Å². The summed E-state index contributed by atoms with van der Waals surface area (Å²) in [5, 5.41) is 8.23. The molecule has 0 saturated heterocycles. The van der Waals surface area contributed by atoms with Crippen LogP contribution in [-0.4, -0.2) is 30.9 Å². The zero-order valence-corrected chi connectivity index (χ0v) is 16.6. The first kappa shape index (κ1) is 19.8. The Morgan fingerprint density at radius 1 is 0.893 bits per heavy atom. The van der Waals surface area contributed by atoms with Gasteiger partial charge >= 0.3 is 0 Å². The van der Waals surface area contributed by atoms with Crippen molar-refractivity contribution in [2.75, 3.05) is 21.9 Å². The number of para-hydroxylation sites is 1. The topological polar surface area (TPSA) is 75.2 Å². The highest BCUT2D eigenvalue weighted by Crippen LogP contribution is 2.23. The first-order valence-electron chi connectivity index (χ1n) is 9.28. The second-order valence-electron chi connectivity index (χ2n) is 6.37. The van der Waals surface area contributed by atoms with E-state index in [0.717, 1.165) is 24.2 Å². The number of aryl methyl sites for hydroxylation is 1. The highest BCUT2D eigenvalue weighted by atomic mass is 32.2. The summed E-state index contributed by atoms with van der Waals surface area (Å²) in [4.78, 5) is 2.01. The molecule has 7 heteroatoms. The fraction of sp³-hybridized carbons (Fsp3) is 0.238. The van der Waals surface area contributed by atoms with Gasteiger partial charge in [-0.2, -0.15) is 0 Å². The summed E-state index contributed by atoms with van der Waals surface area (Å²) in [6, 6.07) is 23.1. The van der Waals surface area contributed by atoms with Crippen LogP contribution in [0.3, 0.4) is 0 Å². The molecule has 0 bridgehead atoms. The Morgan fingerprint density at radius 3 is 2.18 bits per heavy atom. The number of hydrogen-bond donors (Lipinski definition) is 1. The van der Waals surface area contributed by atoms with Crippen LogP contribution in [-0.2, 0) is 16.4 Å². The van der Waals surface area contributed by atoms with Gasteiger partial charge in [0.25, 0.3) is 0 Å². The second-order valence-corrected chi connectivity index (χ2v) is 8.21. The second kappa shape index (κ2) is 9.32. The van der Waals surface area contributed by atoms with Gasteiger partial charge in [-0.25, -0.2) is 8.42 Å². The zero-order valence-electron chi connectivity index (χ0n) is 15.8. The number of hydrogen-bond acceptors (Lipinski definition) is 5. The molecule has 146 valence electrons. The molecule has 0 amide bonds. The number of sulfonamides is 1. The molecule has 1 N–H and O–H groups in total. The number of rotatable bonds is 9. The van der Waals surface area contributed by atoms with Crippen molar-refractivity contribution in [2.45, 2.75) is 19.8 Å². The van der Waals surface area contributed by atoms with Crippen LogP contribution < -0.4 is 9.62 Å². The molecule has 0 fully saturated rings. The summed E-state index contributed by atoms with van der Waals surface area (Å²) < 4.78 is 27.1. The average molecular weight is 397 g/mol. The van der Waals surface area contributed by atoms with Gasteiger partial charge in [0.15, 0.2) is 11.6 Å². The number of anilines is 3. The minimum absolute atomic E-state index is 0.0381. The van der Waals surface area contributed by atoms with Crippen LogP contribution in [0.4, 0.5) is 17.3 Å². The lowest BCUT2D eigenvalue weighted by Crippen LogP contribution is -2.20. The summed E-state index contributed by atoms with van der Waals surface area (Å²) in [6.45, 7) is 2.75. The molecule has 6 nitrogen and oxygen atoms in total. The number of nitrogens with one attached hydrogen (secondary N) is 1. The van der Waals surface area contributed by atoms with Gasteiger partial charge < -0.3 is 4.90 Å². The fourth-order valence-electron chi connectivity index (χ4n) is 2.93. The van der Waals surface area contributed by atoms with Crippen molar-refractivity contribution in [1.29, 1.82) is 0 Å². The first-order valence-corrected chi connectivity index (χ1v) is 10.9. The van der Waals surface area contributed by atoms with E-state index < -0.39 is 10.0 Å². The van der Waals surface area contributed by atoms with Gasteiger partial charge in [0, 0.05) is 12.2 Å². The van der Waals surface area contributed by atoms with Crippen LogP contribution in [0.15, 0.2) is 72.8 Å². The van der Waals surface area contributed by atoms with Gasteiger partial charge in [0.1, 0.15) is 0 Å². The molecule has 1 heterocycles.